The van der Waals surface area contributed by atoms with Gasteiger partial charge in [0.2, 0.25) is 5.91 Å². The van der Waals surface area contributed by atoms with Crippen molar-refractivity contribution in [2.45, 2.75) is 31.7 Å². The van der Waals surface area contributed by atoms with E-state index in [9.17, 15) is 4.79 Å². The number of nitrogens with one attached hydrogen (secondary N) is 2. The molecule has 0 heterocycles. The molecule has 1 aromatic rings. The smallest absolute Gasteiger partial charge is 0.221 e. The highest BCUT2D eigenvalue weighted by Crippen LogP contribution is 2.34. The van der Waals surface area contributed by atoms with Crippen molar-refractivity contribution in [2.24, 2.45) is 5.92 Å². The molecule has 0 bridgehead atoms. The summed E-state index contributed by atoms with van der Waals surface area (Å²) in [6.07, 6.45) is 4.03. The van der Waals surface area contributed by atoms with E-state index >= 15 is 0 Å². The average Bonchev–Trinajstić information content (AvgIpc) is 3.21. The van der Waals surface area contributed by atoms with Gasteiger partial charge in [-0.2, -0.15) is 0 Å². The lowest BCUT2D eigenvalue weighted by atomic mass is 10.0. The van der Waals surface area contributed by atoms with Gasteiger partial charge in [-0.3, -0.25) is 4.79 Å². The number of benzene rings is 1. The summed E-state index contributed by atoms with van der Waals surface area (Å²) < 4.78 is 0. The molecule has 18 heavy (non-hydrogen) atoms. The van der Waals surface area contributed by atoms with Crippen LogP contribution >= 0.6 is 0 Å². The van der Waals surface area contributed by atoms with E-state index in [1.165, 1.54) is 18.4 Å². The Bertz CT molecular complexity index is 373. The Morgan fingerprint density at radius 1 is 1.33 bits per heavy atom. The zero-order valence-electron chi connectivity index (χ0n) is 11.0. The van der Waals surface area contributed by atoms with Crippen molar-refractivity contribution in [1.29, 1.82) is 0 Å². The quantitative estimate of drug-likeness (QED) is 0.769. The zero-order valence-corrected chi connectivity index (χ0v) is 11.0. The number of hydrogen-bond donors (Lipinski definition) is 2. The number of carbonyl (C=O) groups excluding carboxylic acids is 1. The normalized spacial score (nSPS) is 16.3. The van der Waals surface area contributed by atoms with Gasteiger partial charge in [0.05, 0.1) is 0 Å². The van der Waals surface area contributed by atoms with Crippen LogP contribution in [-0.4, -0.2) is 25.5 Å². The molecule has 2 N–H and O–H groups in total. The summed E-state index contributed by atoms with van der Waals surface area (Å²) in [6.45, 7) is 0.745. The molecule has 0 aliphatic heterocycles. The van der Waals surface area contributed by atoms with Crippen molar-refractivity contribution in [2.75, 3.05) is 13.6 Å². The molecule has 98 valence electrons. The van der Waals surface area contributed by atoms with Crippen LogP contribution in [-0.2, 0) is 11.2 Å². The molecule has 1 aromatic carbocycles. The Morgan fingerprint density at radius 2 is 2.06 bits per heavy atom. The maximum absolute atomic E-state index is 11.8. The Hall–Kier alpha value is -1.35. The number of rotatable bonds is 7. The third-order valence-corrected chi connectivity index (χ3v) is 3.44. The van der Waals surface area contributed by atoms with Crippen LogP contribution in [0.15, 0.2) is 30.3 Å². The lowest BCUT2D eigenvalue weighted by molar-refractivity contribution is -0.121. The predicted molar refractivity (Wildman–Crippen MR) is 73.3 cm³/mol. The number of hydrogen-bond acceptors (Lipinski definition) is 2. The van der Waals surface area contributed by atoms with Gasteiger partial charge in [-0.25, -0.2) is 0 Å². The van der Waals surface area contributed by atoms with Gasteiger partial charge in [0.15, 0.2) is 0 Å². The molecular formula is C15H22N2O. The summed E-state index contributed by atoms with van der Waals surface area (Å²) >= 11 is 0. The van der Waals surface area contributed by atoms with Crippen LogP contribution in [0.2, 0.25) is 0 Å². The van der Waals surface area contributed by atoms with Crippen molar-refractivity contribution in [3.63, 3.8) is 0 Å². The summed E-state index contributed by atoms with van der Waals surface area (Å²) in [4.78, 5) is 11.8. The molecule has 0 aromatic heterocycles. The Kier molecular flexibility index (Phi) is 4.76. The predicted octanol–water partition coefficient (Wildman–Crippen LogP) is 1.73. The maximum Gasteiger partial charge on any atom is 0.221 e. The van der Waals surface area contributed by atoms with Gasteiger partial charge in [-0.15, -0.1) is 0 Å². The second-order valence-corrected chi connectivity index (χ2v) is 5.05. The second-order valence-electron chi connectivity index (χ2n) is 5.05. The van der Waals surface area contributed by atoms with Gasteiger partial charge in [-0.05, 0) is 37.8 Å². The standard InChI is InChI=1S/C15H22N2O/c1-16-10-9-15(18)17-14(13-7-8-13)11-12-5-3-2-4-6-12/h2-6,13-14,16H,7-11H2,1H3,(H,17,18). The summed E-state index contributed by atoms with van der Waals surface area (Å²) in [7, 11) is 1.87. The van der Waals surface area contributed by atoms with Crippen molar-refractivity contribution < 1.29 is 4.79 Å². The molecule has 1 unspecified atom stereocenters. The lowest BCUT2D eigenvalue weighted by Gasteiger charge is -2.18. The lowest BCUT2D eigenvalue weighted by Crippen LogP contribution is -2.39. The molecule has 1 atom stereocenters. The maximum atomic E-state index is 11.8. The molecule has 0 radical (unpaired) electrons. The summed E-state index contributed by atoms with van der Waals surface area (Å²) in [5.41, 5.74) is 1.31. The van der Waals surface area contributed by atoms with Gasteiger partial charge >= 0.3 is 0 Å². The van der Waals surface area contributed by atoms with Gasteiger partial charge < -0.3 is 10.6 Å². The Morgan fingerprint density at radius 3 is 2.67 bits per heavy atom. The first kappa shape index (κ1) is 13.1. The van der Waals surface area contributed by atoms with Crippen LogP contribution in [0.3, 0.4) is 0 Å². The summed E-state index contributed by atoms with van der Waals surface area (Å²) in [6, 6.07) is 10.7. The van der Waals surface area contributed by atoms with E-state index < -0.39 is 0 Å². The molecule has 1 aliphatic rings. The van der Waals surface area contributed by atoms with E-state index in [2.05, 4.69) is 34.9 Å². The molecule has 2 rings (SSSR count). The van der Waals surface area contributed by atoms with Crippen LogP contribution < -0.4 is 10.6 Å². The fourth-order valence-corrected chi connectivity index (χ4v) is 2.22. The van der Waals surface area contributed by atoms with Crippen LogP contribution in [0, 0.1) is 5.92 Å². The van der Waals surface area contributed by atoms with E-state index in [4.69, 9.17) is 0 Å². The second kappa shape index (κ2) is 6.55. The van der Waals surface area contributed by atoms with Gasteiger partial charge in [0.25, 0.3) is 0 Å². The van der Waals surface area contributed by atoms with Crippen molar-refractivity contribution >= 4 is 5.91 Å². The molecular weight excluding hydrogens is 224 g/mol. The van der Waals surface area contributed by atoms with Crippen molar-refractivity contribution in [1.82, 2.24) is 10.6 Å². The fraction of sp³-hybridized carbons (Fsp3) is 0.533. The minimum Gasteiger partial charge on any atom is -0.353 e. The molecule has 1 saturated carbocycles. The fourth-order valence-electron chi connectivity index (χ4n) is 2.22. The molecule has 1 amide bonds. The summed E-state index contributed by atoms with van der Waals surface area (Å²) in [5.74, 6) is 0.848. The highest BCUT2D eigenvalue weighted by atomic mass is 16.1. The van der Waals surface area contributed by atoms with Crippen LogP contribution in [0.5, 0.6) is 0 Å². The monoisotopic (exact) mass is 246 g/mol. The first-order valence-corrected chi connectivity index (χ1v) is 6.77. The molecule has 3 nitrogen and oxygen atoms in total. The van der Waals surface area contributed by atoms with Gasteiger partial charge in [0, 0.05) is 19.0 Å². The SMILES string of the molecule is CNCCC(=O)NC(Cc1ccccc1)C1CC1. The highest BCUT2D eigenvalue weighted by Gasteiger charge is 2.32. The first-order chi connectivity index (χ1) is 8.79. The van der Waals surface area contributed by atoms with Crippen molar-refractivity contribution in [3.05, 3.63) is 35.9 Å². The number of amides is 1. The third kappa shape index (κ3) is 4.15. The topological polar surface area (TPSA) is 41.1 Å². The molecule has 0 saturated heterocycles. The number of carbonyl (C=O) groups is 1. The molecule has 0 spiro atoms. The Labute approximate surface area is 109 Å². The minimum absolute atomic E-state index is 0.164. The van der Waals surface area contributed by atoms with E-state index in [-0.39, 0.29) is 5.91 Å². The van der Waals surface area contributed by atoms with Crippen LogP contribution in [0.4, 0.5) is 0 Å². The summed E-state index contributed by atoms with van der Waals surface area (Å²) in [5, 5.41) is 6.19. The largest absolute Gasteiger partial charge is 0.353 e. The van der Waals surface area contributed by atoms with E-state index in [0.29, 0.717) is 18.4 Å². The van der Waals surface area contributed by atoms with Crippen LogP contribution in [0.25, 0.3) is 0 Å². The molecule has 3 heteroatoms. The van der Waals surface area contributed by atoms with Crippen LogP contribution in [0.1, 0.15) is 24.8 Å². The average molecular weight is 246 g/mol. The highest BCUT2D eigenvalue weighted by molar-refractivity contribution is 5.76. The third-order valence-electron chi connectivity index (χ3n) is 3.44. The van der Waals surface area contributed by atoms with Gasteiger partial charge in [0.1, 0.15) is 0 Å². The minimum atomic E-state index is 0.164. The Balaban J connectivity index is 1.86. The van der Waals surface area contributed by atoms with Gasteiger partial charge in [-0.1, -0.05) is 30.3 Å². The van der Waals surface area contributed by atoms with E-state index in [0.717, 1.165) is 13.0 Å². The van der Waals surface area contributed by atoms with Crippen molar-refractivity contribution in [3.8, 4) is 0 Å². The zero-order chi connectivity index (χ0) is 12.8. The van der Waals surface area contributed by atoms with E-state index in [1.54, 1.807) is 0 Å². The molecule has 1 aliphatic carbocycles. The van der Waals surface area contributed by atoms with E-state index in [1.807, 2.05) is 13.1 Å². The molecule has 1 fully saturated rings. The first-order valence-electron chi connectivity index (χ1n) is 6.77.